The summed E-state index contributed by atoms with van der Waals surface area (Å²) in [5, 5.41) is 0.903. The van der Waals surface area contributed by atoms with Crippen LogP contribution < -0.4 is 5.73 Å². The summed E-state index contributed by atoms with van der Waals surface area (Å²) in [6.45, 7) is 25.5. The van der Waals surface area contributed by atoms with E-state index in [0.29, 0.717) is 11.2 Å². The second-order valence-electron chi connectivity index (χ2n) is 13.2. The van der Waals surface area contributed by atoms with E-state index < -0.39 is 0 Å². The molecule has 0 radical (unpaired) electrons. The summed E-state index contributed by atoms with van der Waals surface area (Å²) >= 11 is 22.2. The first kappa shape index (κ1) is 35.2. The number of hydrogen-bond acceptors (Lipinski definition) is 7. The van der Waals surface area contributed by atoms with Crippen molar-refractivity contribution in [1.29, 1.82) is 0 Å². The Hall–Kier alpha value is -1.80. The van der Waals surface area contributed by atoms with E-state index in [-0.39, 0.29) is 37.2 Å². The predicted octanol–water partition coefficient (Wildman–Crippen LogP) is 8.82. The minimum Gasteiger partial charge on any atom is -0.368 e. The summed E-state index contributed by atoms with van der Waals surface area (Å²) in [4.78, 5) is 24.3. The first-order valence-corrected chi connectivity index (χ1v) is 14.0. The molecule has 0 saturated carbocycles. The lowest BCUT2D eigenvalue weighted by Gasteiger charge is -2.23. The first-order chi connectivity index (χ1) is 17.4. The summed E-state index contributed by atoms with van der Waals surface area (Å²) < 4.78 is 0. The molecule has 0 saturated heterocycles. The molecule has 0 spiro atoms. The summed E-state index contributed by atoms with van der Waals surface area (Å²) in [6.07, 6.45) is 0. The Morgan fingerprint density at radius 1 is 0.436 bits per heavy atom. The molecule has 216 valence electrons. The zero-order valence-corrected chi connectivity index (χ0v) is 28.0. The van der Waals surface area contributed by atoms with Crippen molar-refractivity contribution in [3.8, 4) is 0 Å². The van der Waals surface area contributed by atoms with Gasteiger partial charge < -0.3 is 5.73 Å². The Bertz CT molecular complexity index is 1060. The Morgan fingerprint density at radius 3 is 0.949 bits per heavy atom. The molecule has 3 heterocycles. The molecule has 39 heavy (non-hydrogen) atoms. The number of nitrogens with two attached hydrogens (primary N) is 1. The van der Waals surface area contributed by atoms with Gasteiger partial charge >= 0.3 is 0 Å². The van der Waals surface area contributed by atoms with Crippen LogP contribution in [-0.2, 0) is 21.7 Å². The van der Waals surface area contributed by atoms with Gasteiger partial charge in [-0.15, -0.1) is 0 Å². The lowest BCUT2D eigenvalue weighted by Crippen LogP contribution is -2.21. The van der Waals surface area contributed by atoms with Crippen LogP contribution in [0.15, 0.2) is 18.2 Å². The number of nitrogens with zero attached hydrogens (tertiary/aromatic N) is 6. The zero-order valence-electron chi connectivity index (χ0n) is 25.0. The maximum atomic E-state index is 5.94. The molecule has 0 unspecified atom stereocenters. The summed E-state index contributed by atoms with van der Waals surface area (Å²) in [5.41, 5.74) is 9.75. The van der Waals surface area contributed by atoms with Crippen molar-refractivity contribution < 1.29 is 0 Å². The molecule has 0 aliphatic rings. The van der Waals surface area contributed by atoms with Gasteiger partial charge in [-0.05, 0) is 35.3 Å². The Morgan fingerprint density at radius 2 is 0.692 bits per heavy atom. The molecule has 3 aromatic rings. The molecule has 0 aliphatic heterocycles. The molecule has 0 fully saturated rings. The molecular formula is C28H41Cl4N7. The van der Waals surface area contributed by atoms with Crippen LogP contribution in [0.4, 0.5) is 5.95 Å². The molecule has 3 rings (SSSR count). The van der Waals surface area contributed by atoms with Gasteiger partial charge in [0.2, 0.25) is 16.5 Å². The van der Waals surface area contributed by atoms with Crippen molar-refractivity contribution in [2.24, 2.45) is 0 Å². The molecule has 11 heteroatoms. The van der Waals surface area contributed by atoms with Gasteiger partial charge in [-0.1, -0.05) is 106 Å². The number of halogens is 4. The van der Waals surface area contributed by atoms with E-state index in [0.717, 1.165) is 22.8 Å². The largest absolute Gasteiger partial charge is 0.368 e. The quantitative estimate of drug-likeness (QED) is 0.199. The second kappa shape index (κ2) is 13.2. The van der Waals surface area contributed by atoms with E-state index in [1.54, 1.807) is 0 Å². The first-order valence-electron chi connectivity index (χ1n) is 12.5. The molecule has 3 aromatic heterocycles. The molecule has 0 aliphatic carbocycles. The SMILES string of the molecule is CC(C)(C)c1cc(C(C)(C)C)nc(Cl)n1.CC(C)(C)c1cc(C(C)(C)C)nc(N)n1.Clc1cc(Cl)nc(Cl)n1. The zero-order chi connectivity index (χ0) is 30.6. The Balaban J connectivity index is 0.000000302. The van der Waals surface area contributed by atoms with Gasteiger partial charge in [0.15, 0.2) is 0 Å². The highest BCUT2D eigenvalue weighted by atomic mass is 35.5. The minimum atomic E-state index is 0.00653. The van der Waals surface area contributed by atoms with Crippen LogP contribution in [0.3, 0.4) is 0 Å². The molecule has 7 nitrogen and oxygen atoms in total. The molecular weight excluding hydrogens is 576 g/mol. The molecule has 0 aromatic carbocycles. The summed E-state index contributed by atoms with van der Waals surface area (Å²) in [6, 6.07) is 5.51. The number of nitrogen functional groups attached to an aromatic ring is 1. The van der Waals surface area contributed by atoms with Gasteiger partial charge in [-0.2, -0.15) is 0 Å². The van der Waals surface area contributed by atoms with Gasteiger partial charge in [0.05, 0.1) is 22.8 Å². The van der Waals surface area contributed by atoms with Gasteiger partial charge in [0.25, 0.3) is 0 Å². The highest BCUT2D eigenvalue weighted by Crippen LogP contribution is 2.28. The van der Waals surface area contributed by atoms with E-state index >= 15 is 0 Å². The lowest BCUT2D eigenvalue weighted by molar-refractivity contribution is 0.537. The molecule has 0 atom stereocenters. The number of aromatic nitrogens is 6. The number of rotatable bonds is 0. The van der Waals surface area contributed by atoms with Crippen molar-refractivity contribution in [1.82, 2.24) is 29.9 Å². The Labute approximate surface area is 253 Å². The highest BCUT2D eigenvalue weighted by Gasteiger charge is 2.23. The Kier molecular flexibility index (Phi) is 12.0. The fourth-order valence-corrected chi connectivity index (χ4v) is 3.66. The summed E-state index contributed by atoms with van der Waals surface area (Å²) in [7, 11) is 0. The molecule has 0 amide bonds. The van der Waals surface area contributed by atoms with Crippen LogP contribution in [0, 0.1) is 0 Å². The van der Waals surface area contributed by atoms with Gasteiger partial charge in [0, 0.05) is 27.7 Å². The van der Waals surface area contributed by atoms with Crippen LogP contribution in [0.1, 0.15) is 106 Å². The molecule has 2 N–H and O–H groups in total. The predicted molar refractivity (Wildman–Crippen MR) is 165 cm³/mol. The summed E-state index contributed by atoms with van der Waals surface area (Å²) in [5.74, 6) is 0.368. The number of hydrogen-bond donors (Lipinski definition) is 1. The van der Waals surface area contributed by atoms with Crippen molar-refractivity contribution in [2.45, 2.75) is 105 Å². The average molecular weight is 617 g/mol. The van der Waals surface area contributed by atoms with Crippen LogP contribution in [0.25, 0.3) is 0 Å². The average Bonchev–Trinajstić information content (AvgIpc) is 2.70. The van der Waals surface area contributed by atoms with Crippen LogP contribution >= 0.6 is 46.4 Å². The molecule has 0 bridgehead atoms. The van der Waals surface area contributed by atoms with E-state index in [9.17, 15) is 0 Å². The standard InChI is InChI=1S/C12H19ClN2.C12H21N3.C4HCl3N2/c2*1-11(2,3)8-7-9(12(4,5)6)15-10(13)14-8;5-2-1-3(6)9-4(7)8-2/h7H,1-6H3;7H,1-6H3,(H2,13,14,15);1H. The maximum Gasteiger partial charge on any atom is 0.225 e. The van der Waals surface area contributed by atoms with E-state index in [4.69, 9.17) is 52.1 Å². The topological polar surface area (TPSA) is 103 Å². The normalized spacial score (nSPS) is 12.2. The van der Waals surface area contributed by atoms with Crippen LogP contribution in [0.5, 0.6) is 0 Å². The minimum absolute atomic E-state index is 0.00653. The fraction of sp³-hybridized carbons (Fsp3) is 0.571. The van der Waals surface area contributed by atoms with Crippen molar-refractivity contribution in [2.75, 3.05) is 5.73 Å². The van der Waals surface area contributed by atoms with Gasteiger partial charge in [-0.3, -0.25) is 0 Å². The van der Waals surface area contributed by atoms with E-state index in [2.05, 4.69) is 119 Å². The third-order valence-corrected chi connectivity index (χ3v) is 5.88. The monoisotopic (exact) mass is 615 g/mol. The second-order valence-corrected chi connectivity index (χ2v) is 14.6. The lowest BCUT2D eigenvalue weighted by atomic mass is 9.87. The van der Waals surface area contributed by atoms with Crippen molar-refractivity contribution in [3.05, 3.63) is 61.8 Å². The maximum absolute atomic E-state index is 5.94. The van der Waals surface area contributed by atoms with Crippen molar-refractivity contribution in [3.63, 3.8) is 0 Å². The van der Waals surface area contributed by atoms with Gasteiger partial charge in [-0.25, -0.2) is 29.9 Å². The van der Waals surface area contributed by atoms with Crippen LogP contribution in [-0.4, -0.2) is 29.9 Å². The van der Waals surface area contributed by atoms with Crippen molar-refractivity contribution >= 4 is 52.4 Å². The highest BCUT2D eigenvalue weighted by molar-refractivity contribution is 6.35. The van der Waals surface area contributed by atoms with Gasteiger partial charge in [0.1, 0.15) is 10.3 Å². The van der Waals surface area contributed by atoms with Crippen LogP contribution in [0.2, 0.25) is 20.9 Å². The van der Waals surface area contributed by atoms with E-state index in [1.165, 1.54) is 6.07 Å². The third-order valence-electron chi connectivity index (χ3n) is 5.15. The smallest absolute Gasteiger partial charge is 0.225 e. The van der Waals surface area contributed by atoms with E-state index in [1.807, 2.05) is 6.07 Å². The fourth-order valence-electron chi connectivity index (χ4n) is 2.78. The third kappa shape index (κ3) is 12.5. The number of anilines is 1.